The molecule has 8 heteroatoms. The Kier molecular flexibility index (Phi) is 9.23. The van der Waals surface area contributed by atoms with Gasteiger partial charge in [-0.1, -0.05) is 34.6 Å². The molecule has 0 amide bonds. The van der Waals surface area contributed by atoms with Crippen LogP contribution in [0, 0.1) is 22.7 Å². The van der Waals surface area contributed by atoms with Crippen LogP contribution in [0.2, 0.25) is 0 Å². The van der Waals surface area contributed by atoms with Crippen molar-refractivity contribution in [3.05, 3.63) is 0 Å². The van der Waals surface area contributed by atoms with Crippen LogP contribution in [0.3, 0.4) is 0 Å². The maximum atomic E-state index is 14.2. The van der Waals surface area contributed by atoms with Crippen LogP contribution in [-0.4, -0.2) is 59.6 Å². The highest BCUT2D eigenvalue weighted by atomic mass is 32.2. The Morgan fingerprint density at radius 2 is 1.11 bits per heavy atom. The first-order valence-electron chi connectivity index (χ1n) is 14.3. The second-order valence-corrected chi connectivity index (χ2v) is 21.0. The van der Waals surface area contributed by atoms with Gasteiger partial charge in [-0.2, -0.15) is 8.61 Å². The minimum atomic E-state index is -3.59. The third-order valence-corrected chi connectivity index (χ3v) is 15.1. The Morgan fingerprint density at radius 1 is 0.676 bits per heavy atom. The lowest BCUT2D eigenvalue weighted by Crippen LogP contribution is -2.60. The van der Waals surface area contributed by atoms with Crippen molar-refractivity contribution in [1.82, 2.24) is 8.61 Å². The van der Waals surface area contributed by atoms with Gasteiger partial charge in [0, 0.05) is 24.7 Å². The number of hydrogen-bond acceptors (Lipinski definition) is 4. The molecule has 0 aromatic carbocycles. The van der Waals surface area contributed by atoms with Crippen LogP contribution in [0.5, 0.6) is 0 Å². The lowest BCUT2D eigenvalue weighted by Gasteiger charge is -2.51. The average Bonchev–Trinajstić information content (AvgIpc) is 3.61. The molecule has 0 aromatic rings. The molecule has 0 N–H and O–H groups in total. The molecule has 0 saturated heterocycles. The second kappa shape index (κ2) is 10.3. The number of hydrogen-bond donors (Lipinski definition) is 0. The molecule has 1 atom stereocenters. The van der Waals surface area contributed by atoms with E-state index < -0.39 is 40.5 Å². The van der Waals surface area contributed by atoms with E-state index >= 15 is 0 Å². The van der Waals surface area contributed by atoms with Crippen molar-refractivity contribution >= 4 is 20.0 Å². The lowest BCUT2D eigenvalue weighted by atomic mass is 9.70. The minimum absolute atomic E-state index is 0.104. The SMILES string of the molecule is C[C@H](N(CC1CC1)S(=O)(=O)C(C)(C)CCC(C)(C)C(C)(C)N(CC1CC1)S(=O)(=O)C(C)(C)C)C(C)(C)C. The average molecular weight is 563 g/mol. The Labute approximate surface area is 230 Å². The topological polar surface area (TPSA) is 74.8 Å². The van der Waals surface area contributed by atoms with Crippen LogP contribution in [0.1, 0.15) is 129 Å². The van der Waals surface area contributed by atoms with Gasteiger partial charge in [0.05, 0.1) is 9.49 Å². The van der Waals surface area contributed by atoms with Crippen molar-refractivity contribution < 1.29 is 16.8 Å². The molecule has 2 aliphatic carbocycles. The van der Waals surface area contributed by atoms with Crippen molar-refractivity contribution in [2.45, 2.75) is 150 Å². The highest BCUT2D eigenvalue weighted by Crippen LogP contribution is 2.47. The van der Waals surface area contributed by atoms with Crippen molar-refractivity contribution in [1.29, 1.82) is 0 Å². The summed E-state index contributed by atoms with van der Waals surface area (Å²) in [6.07, 6.45) is 5.42. The van der Waals surface area contributed by atoms with Crippen molar-refractivity contribution in [3.63, 3.8) is 0 Å². The molecular formula is C29H58N2O4S2. The quantitative estimate of drug-likeness (QED) is 0.251. The highest BCUT2D eigenvalue weighted by Gasteiger charge is 2.52. The van der Waals surface area contributed by atoms with E-state index in [9.17, 15) is 16.8 Å². The third-order valence-electron chi connectivity index (χ3n) is 9.64. The maximum absolute atomic E-state index is 14.2. The van der Waals surface area contributed by atoms with Gasteiger partial charge < -0.3 is 0 Å². The summed E-state index contributed by atoms with van der Waals surface area (Å²) < 4.78 is 57.5. The molecule has 220 valence electrons. The predicted molar refractivity (Wildman–Crippen MR) is 157 cm³/mol. The van der Waals surface area contributed by atoms with Crippen molar-refractivity contribution in [2.75, 3.05) is 13.1 Å². The van der Waals surface area contributed by atoms with Crippen LogP contribution in [0.25, 0.3) is 0 Å². The van der Waals surface area contributed by atoms with Gasteiger partial charge in [0.1, 0.15) is 0 Å². The summed E-state index contributed by atoms with van der Waals surface area (Å²) in [5.41, 5.74) is -1.28. The molecule has 37 heavy (non-hydrogen) atoms. The van der Waals surface area contributed by atoms with E-state index in [1.54, 1.807) is 29.4 Å². The Morgan fingerprint density at radius 3 is 1.49 bits per heavy atom. The first kappa shape index (κ1) is 33.0. The standard InChI is InChI=1S/C29H58N2O4S2/c1-22(25(2,3)4)30(20-23-14-15-23)37(34,35)28(10,11)19-18-27(8,9)29(12,13)31(21-24-16-17-24)36(32,33)26(5,6)7/h22-24H,14-21H2,1-13H3/t22-/m0/s1. The fourth-order valence-electron chi connectivity index (χ4n) is 4.65. The van der Waals surface area contributed by atoms with Crippen LogP contribution >= 0.6 is 0 Å². The number of rotatable bonds is 13. The third kappa shape index (κ3) is 7.13. The van der Waals surface area contributed by atoms with Gasteiger partial charge in [0.2, 0.25) is 20.0 Å². The van der Waals surface area contributed by atoms with Gasteiger partial charge in [-0.15, -0.1) is 0 Å². The molecule has 2 rings (SSSR count). The molecule has 6 nitrogen and oxygen atoms in total. The first-order valence-corrected chi connectivity index (χ1v) is 17.2. The predicted octanol–water partition coefficient (Wildman–Crippen LogP) is 6.67. The van der Waals surface area contributed by atoms with Crippen molar-refractivity contribution in [3.8, 4) is 0 Å². The van der Waals surface area contributed by atoms with Crippen LogP contribution in [0.15, 0.2) is 0 Å². The van der Waals surface area contributed by atoms with Gasteiger partial charge in [0.15, 0.2) is 0 Å². The minimum Gasteiger partial charge on any atom is -0.212 e. The number of nitrogens with zero attached hydrogens (tertiary/aromatic N) is 2. The van der Waals surface area contributed by atoms with E-state index in [2.05, 4.69) is 34.6 Å². The zero-order valence-electron chi connectivity index (χ0n) is 26.2. The van der Waals surface area contributed by atoms with E-state index in [1.807, 2.05) is 34.6 Å². The molecule has 0 bridgehead atoms. The van der Waals surface area contributed by atoms with E-state index in [4.69, 9.17) is 0 Å². The second-order valence-electron chi connectivity index (χ2n) is 15.9. The van der Waals surface area contributed by atoms with E-state index in [-0.39, 0.29) is 11.5 Å². The number of sulfonamides is 2. The molecule has 2 saturated carbocycles. The summed E-state index contributed by atoms with van der Waals surface area (Å²) in [7, 11) is -7.14. The van der Waals surface area contributed by atoms with Gasteiger partial charge in [0.25, 0.3) is 0 Å². The summed E-state index contributed by atoms with van der Waals surface area (Å²) in [6.45, 7) is 26.8. The smallest absolute Gasteiger partial charge is 0.212 e. The molecule has 0 radical (unpaired) electrons. The fraction of sp³-hybridized carbons (Fsp3) is 1.00. The van der Waals surface area contributed by atoms with Crippen LogP contribution in [0.4, 0.5) is 0 Å². The summed E-state index contributed by atoms with van der Waals surface area (Å²) in [5.74, 6) is 0.878. The lowest BCUT2D eigenvalue weighted by molar-refractivity contribution is 0.0577. The molecule has 0 spiro atoms. The largest absolute Gasteiger partial charge is 0.219 e. The summed E-state index contributed by atoms with van der Waals surface area (Å²) in [5, 5.41) is 0. The normalized spacial score (nSPS) is 20.1. The van der Waals surface area contributed by atoms with Crippen molar-refractivity contribution in [2.24, 2.45) is 22.7 Å². The summed E-state index contributed by atoms with van der Waals surface area (Å²) in [4.78, 5) is 0. The van der Waals surface area contributed by atoms with Gasteiger partial charge >= 0.3 is 0 Å². The monoisotopic (exact) mass is 562 g/mol. The Bertz CT molecular complexity index is 1010. The van der Waals surface area contributed by atoms with Crippen LogP contribution < -0.4 is 0 Å². The van der Waals surface area contributed by atoms with E-state index in [0.29, 0.717) is 37.8 Å². The first-order chi connectivity index (χ1) is 16.3. The molecule has 2 aliphatic rings. The zero-order valence-corrected chi connectivity index (χ0v) is 27.9. The summed E-state index contributed by atoms with van der Waals surface area (Å²) in [6, 6.07) is -0.104. The highest BCUT2D eigenvalue weighted by molar-refractivity contribution is 7.90. The molecule has 0 heterocycles. The summed E-state index contributed by atoms with van der Waals surface area (Å²) >= 11 is 0. The van der Waals surface area contributed by atoms with Gasteiger partial charge in [-0.05, 0) is 117 Å². The Balaban J connectivity index is 2.34. The molecule has 0 aromatic heterocycles. The Hall–Kier alpha value is -0.180. The molecule has 0 aliphatic heterocycles. The maximum Gasteiger partial charge on any atom is 0.219 e. The molecule has 0 unspecified atom stereocenters. The molecular weight excluding hydrogens is 504 g/mol. The van der Waals surface area contributed by atoms with E-state index in [1.165, 1.54) is 0 Å². The zero-order chi connectivity index (χ0) is 29.0. The van der Waals surface area contributed by atoms with Gasteiger partial charge in [-0.3, -0.25) is 0 Å². The van der Waals surface area contributed by atoms with Gasteiger partial charge in [-0.25, -0.2) is 16.8 Å². The fourth-order valence-corrected chi connectivity index (χ4v) is 8.70. The van der Waals surface area contributed by atoms with Crippen LogP contribution in [-0.2, 0) is 20.0 Å². The molecule has 2 fully saturated rings. The van der Waals surface area contributed by atoms with E-state index in [0.717, 1.165) is 25.7 Å².